The number of imidazole rings is 1. The molecular weight excluding hydrogens is 2180 g/mol. The summed E-state index contributed by atoms with van der Waals surface area (Å²) < 4.78 is 0. The van der Waals surface area contributed by atoms with Crippen LogP contribution in [0.3, 0.4) is 0 Å². The molecule has 818 valence electrons. The molecule has 23 amide bonds. The topological polar surface area (TPSA) is 983 Å². The van der Waals surface area contributed by atoms with E-state index < -0.39 is 388 Å². The zero-order valence-electron chi connectivity index (χ0n) is 80.0. The van der Waals surface area contributed by atoms with Crippen molar-refractivity contribution in [3.8, 4) is 0 Å². The van der Waals surface area contributed by atoms with Gasteiger partial charge in [-0.1, -0.05) is 39.8 Å². The fourth-order valence-electron chi connectivity index (χ4n) is 14.4. The number of hydrogen-bond acceptors (Lipinski definition) is 34. The van der Waals surface area contributed by atoms with Crippen molar-refractivity contribution in [1.29, 1.82) is 10.8 Å². The number of aliphatic carboxylic acids is 1. The number of H-pyrrole nitrogens is 2. The van der Waals surface area contributed by atoms with Gasteiger partial charge in [-0.3, -0.25) is 73.1 Å². The average molecular weight is 2300 g/mol. The number of fused-ring (bicyclic) bond motifs is 23. The van der Waals surface area contributed by atoms with Gasteiger partial charge in [-0.2, -0.15) is 0 Å². The standard InChI is InChI=1S/C83H123N33O27S4Se2/c1-36-65(127)102-42(11-6-16-93-82(88)89)69(131)112-55-32-147-145-30-53-78(140)107-47(20-58(85)119)66(128)97-25-61(122)96-26-62(123)101-57(34-149-148-33-56(64(87)126)116-80(55)142)81(143)111-51(28-118)76(138)110-50(27-117)75(137)103-41(10-4-5-15-84)67(129)105-45(18-37-23-95-40-9-3-2-8-39(37)40)72(134)113-52(29-144-146-31-54(79(141)115-53)114-73(135)48(21-59(86)120)108-70(132)44-13-14-60(121)100-44)77(139)104-43(12-7-17-94-83(90)91)68(130)109-49(22-63(124)125)74(136)106-46(71(133)99-36)19-38-24-92-35-98-38/h2-3,8-9,23-24,35-36,41-57,95,117-118H,4-7,10-22,25-34,84H2,1H3,(H2,85,119)(H2,86,120)(H2,87,126)(H,92,98)(H,96,122)(H,97,128)(H,99,133)(H,100,121)(H,101,123)(H,102,127)(H,103,137)(H,104,139)(H,105,129)(H,106,136)(H,107,140)(H,108,132)(H,109,130)(H,110,138)(H,111,143)(H,112,131)(H,113,134)(H,114,135)(H,115,141)(H,116,142)(H,124,125)(H4,88,89,93)(H4,90,91,94)/t36-,41-,42-,43-,44-,45-,46-,47-,48-,49-,50-,51-,52-,53-,54-,55-,56-,57-/m0/s1. The second-order valence-electron chi connectivity index (χ2n) is 33.9. The van der Waals surface area contributed by atoms with E-state index >= 15 is 38.4 Å². The fourth-order valence-corrected chi connectivity index (χ4v) is 26.1. The van der Waals surface area contributed by atoms with Crippen LogP contribution in [0.15, 0.2) is 43.0 Å². The summed E-state index contributed by atoms with van der Waals surface area (Å²) in [6.45, 7) is -4.00. The van der Waals surface area contributed by atoms with E-state index in [1.54, 1.807) is 24.3 Å². The van der Waals surface area contributed by atoms with Gasteiger partial charge in [-0.25, -0.2) is 4.98 Å². The molecule has 4 saturated heterocycles. The van der Waals surface area contributed by atoms with Crippen LogP contribution in [0.25, 0.3) is 10.9 Å². The number of nitrogens with two attached hydrogens (primary N) is 6. The number of hydrogen-bond donors (Lipinski definition) is 35. The van der Waals surface area contributed by atoms with Crippen molar-refractivity contribution in [2.24, 2.45) is 34.4 Å². The molecule has 1 aromatic carbocycles. The minimum Gasteiger partial charge on any atom is -0.361 e. The van der Waals surface area contributed by atoms with Gasteiger partial charge in [0, 0.05) is 60.6 Å². The third-order valence-corrected chi connectivity index (χ3v) is 34.3. The Morgan fingerprint density at radius 3 is 1.50 bits per heavy atom. The molecular formula is C83H123N33O27S4Se2. The van der Waals surface area contributed by atoms with Gasteiger partial charge in [0.05, 0.1) is 24.9 Å². The number of para-hydroxylation sites is 1. The van der Waals surface area contributed by atoms with E-state index in [9.17, 15) is 92.0 Å². The molecule has 41 N–H and O–H groups in total. The number of amides is 23. The number of aromatic amines is 2. The van der Waals surface area contributed by atoms with Crippen molar-refractivity contribution in [3.05, 3.63) is 54.2 Å². The third kappa shape index (κ3) is 42.0. The fraction of sp³-hybridized carbons (Fsp3) is 0.554. The van der Waals surface area contributed by atoms with Gasteiger partial charge in [0.25, 0.3) is 0 Å². The van der Waals surface area contributed by atoms with Crippen molar-refractivity contribution < 1.29 is 130 Å². The zero-order valence-corrected chi connectivity index (χ0v) is 86.7. The molecule has 0 saturated carbocycles. The summed E-state index contributed by atoms with van der Waals surface area (Å²) in [5.74, 6) is -34.8. The number of carbonyl (C=O) groups is 24. The smallest absolute Gasteiger partial charge is 0.361 e. The summed E-state index contributed by atoms with van der Waals surface area (Å²) in [5.41, 5.74) is 35.2. The van der Waals surface area contributed by atoms with Gasteiger partial charge in [-0.05, 0) is 50.3 Å². The number of benzene rings is 1. The molecule has 66 heteroatoms. The van der Waals surface area contributed by atoms with Crippen LogP contribution in [-0.2, 0) is 128 Å². The second kappa shape index (κ2) is 62.4. The molecule has 0 unspecified atom stereocenters. The van der Waals surface area contributed by atoms with E-state index in [0.29, 0.717) is 59.6 Å². The van der Waals surface area contributed by atoms with Gasteiger partial charge in [-0.15, -0.1) is 0 Å². The van der Waals surface area contributed by atoms with Crippen molar-refractivity contribution in [2.75, 3.05) is 68.9 Å². The number of unbranched alkanes of at least 4 members (excludes halogenated alkanes) is 1. The normalized spacial score (nSPS) is 25.6. The Morgan fingerprint density at radius 2 is 0.946 bits per heavy atom. The molecule has 149 heavy (non-hydrogen) atoms. The first-order chi connectivity index (χ1) is 70.8. The number of nitrogens with one attached hydrogen (secondary N) is 26. The zero-order chi connectivity index (χ0) is 110. The Labute approximate surface area is 875 Å². The first-order valence-electron chi connectivity index (χ1n) is 46.2. The van der Waals surface area contributed by atoms with Crippen LogP contribution in [0.4, 0.5) is 0 Å². The van der Waals surface area contributed by atoms with Gasteiger partial charge < -0.3 is 91.6 Å². The molecule has 4 aliphatic heterocycles. The molecule has 4 aliphatic rings. The molecule has 0 radical (unpaired) electrons. The van der Waals surface area contributed by atoms with E-state index in [1.165, 1.54) is 18.7 Å². The first kappa shape index (κ1) is 122. The Kier molecular flexibility index (Phi) is 51.1. The maximum absolute atomic E-state index is 15.9. The van der Waals surface area contributed by atoms with Crippen LogP contribution >= 0.6 is 43.2 Å². The summed E-state index contributed by atoms with van der Waals surface area (Å²) in [4.78, 5) is 357. The molecule has 7 rings (SSSR count). The SMILES string of the molecule is C[C@@H]1NC(=O)[C@H](Cc2c[nH]cn2)NC(=O)[C@H](CC(=O)O)NC(=O)[C@H](CCCNC(=N)N)NC(=O)[C@@H]2CSSC[C@H](NC(=O)[C@H](CC(N)=O)NC(=O)[C@@H]3CCC(=O)N3)C(=O)N[C@H]3CSSC[C@H](NC(=O)[C@H](CCCNC(=N)N)NC1=O)C(=O)N[C@H](C(N)=O)C[Se][Se]C[C@H](NC(=O)CNC(=O)CNC(=O)[C@H](CC(N)=O)NC3=O)C(=O)N[C@@H](CO)C(=O)N[C@@H](CO)C(=O)N[C@@H](CCCCN)C(=O)N[C@@H](Cc1c[nH]c3ccccc13)C(=O)N2. The number of rotatable bonds is 29. The minimum absolute atomic E-state index is 0.000511. The van der Waals surface area contributed by atoms with Gasteiger partial charge in [0.15, 0.2) is 11.9 Å². The Hall–Kier alpha value is -13.9. The van der Waals surface area contributed by atoms with Gasteiger partial charge in [0.1, 0.15) is 48.3 Å². The van der Waals surface area contributed by atoms with Crippen LogP contribution in [0.1, 0.15) is 95.2 Å². The third-order valence-electron chi connectivity index (χ3n) is 22.3. The van der Waals surface area contributed by atoms with Crippen LogP contribution in [0.2, 0.25) is 10.6 Å². The van der Waals surface area contributed by atoms with Crippen molar-refractivity contribution in [3.63, 3.8) is 0 Å². The molecule has 18 atom stereocenters. The number of aliphatic hydroxyl groups is 2. The van der Waals surface area contributed by atoms with E-state index in [1.807, 2.05) is 0 Å². The molecule has 6 heterocycles. The Morgan fingerprint density at radius 1 is 0.470 bits per heavy atom. The van der Waals surface area contributed by atoms with Gasteiger partial charge in [0.2, 0.25) is 59.1 Å². The molecule has 3 aromatic rings. The van der Waals surface area contributed by atoms with Crippen molar-refractivity contribution in [2.45, 2.75) is 216 Å². The van der Waals surface area contributed by atoms with Crippen molar-refractivity contribution in [1.82, 2.24) is 132 Å². The Bertz CT molecular complexity index is 5350. The second-order valence-corrected chi connectivity index (χ2v) is 46.5. The Balaban J connectivity index is 1.54. The molecule has 4 bridgehead atoms. The molecule has 60 nitrogen and oxygen atoms in total. The summed E-state index contributed by atoms with van der Waals surface area (Å²) in [5, 5.41) is 100. The van der Waals surface area contributed by atoms with Crippen LogP contribution in [-0.4, -0.2) is 388 Å². The average Bonchev–Trinajstić information content (AvgIpc) is 1.69. The van der Waals surface area contributed by atoms with E-state index in [-0.39, 0.29) is 75.6 Å². The maximum atomic E-state index is 15.9. The molecule has 4 fully saturated rings. The number of guanidine groups is 2. The number of aliphatic hydroxyl groups excluding tert-OH is 2. The molecule has 0 spiro atoms. The summed E-state index contributed by atoms with van der Waals surface area (Å²) in [7, 11) is 2.30. The van der Waals surface area contributed by atoms with E-state index in [0.717, 1.165) is 6.92 Å². The number of carboxylic acid groups (broad SMARTS) is 1. The van der Waals surface area contributed by atoms with E-state index in [2.05, 4.69) is 132 Å². The predicted molar refractivity (Wildman–Crippen MR) is 535 cm³/mol. The summed E-state index contributed by atoms with van der Waals surface area (Å²) in [6, 6.07) is -28.2. The minimum atomic E-state index is -2.24. The first-order valence-corrected chi connectivity index (χ1v) is 58.0. The van der Waals surface area contributed by atoms with E-state index in [4.69, 9.17) is 45.2 Å². The summed E-state index contributed by atoms with van der Waals surface area (Å²) >= 11 is -1.88. The number of primary amides is 3. The van der Waals surface area contributed by atoms with Crippen LogP contribution in [0.5, 0.6) is 0 Å². The van der Waals surface area contributed by atoms with Crippen LogP contribution < -0.4 is 151 Å². The quantitative estimate of drug-likeness (QED) is 0.00766. The predicted octanol–water partition coefficient (Wildman–Crippen LogP) is -16.2. The number of aromatic nitrogens is 3. The number of nitrogens with zero attached hydrogens (tertiary/aromatic N) is 1. The monoisotopic (exact) mass is 2300 g/mol. The van der Waals surface area contributed by atoms with Gasteiger partial charge >= 0.3 is 416 Å². The molecule has 0 aliphatic carbocycles. The number of carboxylic acids is 1. The summed E-state index contributed by atoms with van der Waals surface area (Å²) in [6.07, 6.45) is -2.42. The van der Waals surface area contributed by atoms with Crippen LogP contribution in [0, 0.1) is 10.8 Å². The van der Waals surface area contributed by atoms with Crippen molar-refractivity contribution >= 4 is 234 Å². The number of carbonyl (C=O) groups excluding carboxylic acids is 23. The molecule has 2 aromatic heterocycles.